The monoisotopic (exact) mass is 250 g/mol. The molecule has 13 heavy (non-hydrogen) atoms. The van der Waals surface area contributed by atoms with Crippen LogP contribution in [0.4, 0.5) is 0 Å². The second-order valence-corrected chi connectivity index (χ2v) is 4.46. The lowest BCUT2D eigenvalue weighted by atomic mass is 10.1. The van der Waals surface area contributed by atoms with E-state index in [0.717, 1.165) is 13.0 Å². The molecule has 1 N–H and O–H groups in total. The third-order valence-corrected chi connectivity index (χ3v) is 3.43. The highest BCUT2D eigenvalue weighted by molar-refractivity contribution is 9.09. The average molecular weight is 251 g/mol. The first-order valence-electron chi connectivity index (χ1n) is 4.88. The van der Waals surface area contributed by atoms with Gasteiger partial charge in [0.1, 0.15) is 4.95 Å². The van der Waals surface area contributed by atoms with Gasteiger partial charge in [-0.05, 0) is 35.7 Å². The Morgan fingerprint density at radius 3 is 3.00 bits per heavy atom. The smallest absolute Gasteiger partial charge is 0.361 e. The SMILES string of the molecule is CCOC(=O)C[NH+]1CCCCC1Br. The summed E-state index contributed by atoms with van der Waals surface area (Å²) in [6, 6.07) is 0. The molecule has 3 nitrogen and oxygen atoms in total. The maximum absolute atomic E-state index is 11.2. The third-order valence-electron chi connectivity index (χ3n) is 2.33. The second-order valence-electron chi connectivity index (χ2n) is 3.35. The normalized spacial score (nSPS) is 28.5. The summed E-state index contributed by atoms with van der Waals surface area (Å²) in [6.45, 7) is 3.91. The van der Waals surface area contributed by atoms with E-state index in [0.29, 0.717) is 18.1 Å². The van der Waals surface area contributed by atoms with Crippen molar-refractivity contribution in [2.45, 2.75) is 31.1 Å². The van der Waals surface area contributed by atoms with Crippen LogP contribution in [0.2, 0.25) is 0 Å². The van der Waals surface area contributed by atoms with Gasteiger partial charge in [-0.2, -0.15) is 0 Å². The van der Waals surface area contributed by atoms with Gasteiger partial charge in [0.15, 0.2) is 6.54 Å². The number of nitrogens with one attached hydrogen (secondary N) is 1. The van der Waals surface area contributed by atoms with E-state index in [2.05, 4.69) is 15.9 Å². The molecule has 0 aromatic rings. The van der Waals surface area contributed by atoms with Crippen LogP contribution in [0.3, 0.4) is 0 Å². The maximum atomic E-state index is 11.2. The fourth-order valence-electron chi connectivity index (χ4n) is 1.63. The van der Waals surface area contributed by atoms with Gasteiger partial charge in [0.2, 0.25) is 0 Å². The highest BCUT2D eigenvalue weighted by Crippen LogP contribution is 2.07. The zero-order chi connectivity index (χ0) is 9.68. The average Bonchev–Trinajstić information content (AvgIpc) is 2.09. The van der Waals surface area contributed by atoms with E-state index in [1.54, 1.807) is 0 Å². The minimum Gasteiger partial charge on any atom is -0.462 e. The van der Waals surface area contributed by atoms with E-state index in [1.165, 1.54) is 17.7 Å². The highest BCUT2D eigenvalue weighted by Gasteiger charge is 2.25. The number of rotatable bonds is 3. The Bertz CT molecular complexity index is 175. The van der Waals surface area contributed by atoms with Crippen LogP contribution in [0.25, 0.3) is 0 Å². The summed E-state index contributed by atoms with van der Waals surface area (Å²) in [4.78, 5) is 12.9. The van der Waals surface area contributed by atoms with Gasteiger partial charge in [-0.3, -0.25) is 0 Å². The molecule has 0 radical (unpaired) electrons. The number of ether oxygens (including phenoxy) is 1. The Hall–Kier alpha value is -0.0900. The predicted molar refractivity (Wildman–Crippen MR) is 53.9 cm³/mol. The van der Waals surface area contributed by atoms with E-state index in [1.807, 2.05) is 6.92 Å². The van der Waals surface area contributed by atoms with E-state index in [4.69, 9.17) is 4.74 Å². The largest absolute Gasteiger partial charge is 0.462 e. The van der Waals surface area contributed by atoms with Gasteiger partial charge in [-0.25, -0.2) is 4.79 Å². The molecule has 1 heterocycles. The molecule has 0 spiro atoms. The van der Waals surface area contributed by atoms with Gasteiger partial charge in [0.25, 0.3) is 0 Å². The lowest BCUT2D eigenvalue weighted by Crippen LogP contribution is -3.16. The molecule has 0 bridgehead atoms. The van der Waals surface area contributed by atoms with Crippen LogP contribution in [0.5, 0.6) is 0 Å². The lowest BCUT2D eigenvalue weighted by Gasteiger charge is -2.27. The Kier molecular flexibility index (Phi) is 4.73. The molecule has 1 fully saturated rings. The molecule has 0 amide bonds. The number of alkyl halides is 1. The van der Waals surface area contributed by atoms with Crippen LogP contribution in [0, 0.1) is 0 Å². The van der Waals surface area contributed by atoms with Crippen molar-refractivity contribution in [3.63, 3.8) is 0 Å². The number of halogens is 1. The molecule has 0 aliphatic carbocycles. The van der Waals surface area contributed by atoms with Crippen LogP contribution in [-0.2, 0) is 9.53 Å². The lowest BCUT2D eigenvalue weighted by molar-refractivity contribution is -0.906. The topological polar surface area (TPSA) is 30.7 Å². The van der Waals surface area contributed by atoms with Crippen LogP contribution in [0.15, 0.2) is 0 Å². The van der Waals surface area contributed by atoms with Crippen molar-refractivity contribution >= 4 is 21.9 Å². The van der Waals surface area contributed by atoms with Gasteiger partial charge < -0.3 is 9.64 Å². The van der Waals surface area contributed by atoms with Gasteiger partial charge in [0, 0.05) is 6.42 Å². The van der Waals surface area contributed by atoms with Gasteiger partial charge in [0.05, 0.1) is 13.2 Å². The number of esters is 1. The van der Waals surface area contributed by atoms with E-state index in [-0.39, 0.29) is 5.97 Å². The summed E-state index contributed by atoms with van der Waals surface area (Å²) >= 11 is 3.59. The molecule has 1 aliphatic rings. The van der Waals surface area contributed by atoms with Crippen LogP contribution in [0.1, 0.15) is 26.2 Å². The molecular weight excluding hydrogens is 234 g/mol. The molecule has 1 saturated heterocycles. The van der Waals surface area contributed by atoms with Crippen molar-refractivity contribution in [1.29, 1.82) is 0 Å². The summed E-state index contributed by atoms with van der Waals surface area (Å²) in [5.74, 6) is -0.0798. The first-order chi connectivity index (χ1) is 6.24. The standard InChI is InChI=1S/C9H16BrNO2/c1-2-13-9(12)7-11-6-4-3-5-8(11)10/h8H,2-7H2,1H3/p+1. The van der Waals surface area contributed by atoms with Gasteiger partial charge in [-0.1, -0.05) is 0 Å². The van der Waals surface area contributed by atoms with Crippen LogP contribution in [-0.4, -0.2) is 30.6 Å². The van der Waals surface area contributed by atoms with Crippen LogP contribution < -0.4 is 4.90 Å². The molecule has 2 atom stereocenters. The van der Waals surface area contributed by atoms with Crippen molar-refractivity contribution in [1.82, 2.24) is 0 Å². The number of hydrogen-bond acceptors (Lipinski definition) is 2. The minimum absolute atomic E-state index is 0.0798. The zero-order valence-electron chi connectivity index (χ0n) is 8.01. The Balaban J connectivity index is 2.29. The molecule has 0 saturated carbocycles. The highest BCUT2D eigenvalue weighted by atomic mass is 79.9. The van der Waals surface area contributed by atoms with E-state index >= 15 is 0 Å². The summed E-state index contributed by atoms with van der Waals surface area (Å²) in [5, 5.41) is 0. The molecular formula is C9H17BrNO2+. The molecule has 1 aliphatic heterocycles. The van der Waals surface area contributed by atoms with Crippen molar-refractivity contribution in [2.75, 3.05) is 19.7 Å². The molecule has 1 rings (SSSR count). The third kappa shape index (κ3) is 3.65. The van der Waals surface area contributed by atoms with Gasteiger partial charge >= 0.3 is 5.97 Å². The summed E-state index contributed by atoms with van der Waals surface area (Å²) in [5.41, 5.74) is 0. The number of piperidine rings is 1. The molecule has 2 unspecified atom stereocenters. The molecule has 76 valence electrons. The van der Waals surface area contributed by atoms with Crippen molar-refractivity contribution < 1.29 is 14.4 Å². The number of likely N-dealkylation sites (tertiary alicyclic amines) is 1. The van der Waals surface area contributed by atoms with Crippen molar-refractivity contribution in [3.05, 3.63) is 0 Å². The first kappa shape index (κ1) is 11.0. The molecule has 0 aromatic carbocycles. The molecule has 0 aromatic heterocycles. The van der Waals surface area contributed by atoms with Gasteiger partial charge in [-0.15, -0.1) is 0 Å². The Morgan fingerprint density at radius 2 is 2.38 bits per heavy atom. The summed E-state index contributed by atoms with van der Waals surface area (Å²) in [7, 11) is 0. The van der Waals surface area contributed by atoms with E-state index < -0.39 is 0 Å². The fourth-order valence-corrected chi connectivity index (χ4v) is 2.35. The summed E-state index contributed by atoms with van der Waals surface area (Å²) in [6.07, 6.45) is 3.65. The van der Waals surface area contributed by atoms with Crippen LogP contribution >= 0.6 is 15.9 Å². The fraction of sp³-hybridized carbons (Fsp3) is 0.889. The second kappa shape index (κ2) is 5.60. The van der Waals surface area contributed by atoms with E-state index in [9.17, 15) is 4.79 Å². The number of hydrogen-bond donors (Lipinski definition) is 1. The number of carbonyl (C=O) groups excluding carboxylic acids is 1. The Morgan fingerprint density at radius 1 is 1.62 bits per heavy atom. The maximum Gasteiger partial charge on any atom is 0.361 e. The summed E-state index contributed by atoms with van der Waals surface area (Å²) < 4.78 is 4.91. The predicted octanol–water partition coefficient (Wildman–Crippen LogP) is 0.339. The van der Waals surface area contributed by atoms with Crippen molar-refractivity contribution in [2.24, 2.45) is 0 Å². The number of carbonyl (C=O) groups is 1. The quantitative estimate of drug-likeness (QED) is 0.445. The Labute approximate surface area is 87.6 Å². The number of quaternary nitrogens is 1. The minimum atomic E-state index is -0.0798. The molecule has 4 heteroatoms. The van der Waals surface area contributed by atoms with Crippen molar-refractivity contribution in [3.8, 4) is 0 Å². The first-order valence-corrected chi connectivity index (χ1v) is 5.80. The zero-order valence-corrected chi connectivity index (χ0v) is 9.60.